The summed E-state index contributed by atoms with van der Waals surface area (Å²) in [5.41, 5.74) is 0. The monoisotopic (exact) mass is 154 g/mol. The van der Waals surface area contributed by atoms with Gasteiger partial charge in [0.1, 0.15) is 6.61 Å². The number of hydrogen-bond donors (Lipinski definition) is 0. The van der Waals surface area contributed by atoms with E-state index in [1.165, 1.54) is 6.92 Å². The van der Waals surface area contributed by atoms with Crippen LogP contribution in [0, 0.1) is 11.8 Å². The first-order chi connectivity index (χ1) is 5.27. The van der Waals surface area contributed by atoms with Crippen molar-refractivity contribution >= 4 is 5.97 Å². The van der Waals surface area contributed by atoms with E-state index in [2.05, 4.69) is 23.5 Å². The minimum absolute atomic E-state index is 0.234. The van der Waals surface area contributed by atoms with E-state index in [9.17, 15) is 4.79 Å². The Kier molecular flexibility index (Phi) is 6.51. The van der Waals surface area contributed by atoms with Crippen molar-refractivity contribution in [3.63, 3.8) is 0 Å². The van der Waals surface area contributed by atoms with Gasteiger partial charge in [0, 0.05) is 19.8 Å². The Morgan fingerprint density at radius 1 is 1.36 bits per heavy atom. The molecule has 0 aliphatic heterocycles. The smallest absolute Gasteiger partial charge is 0.302 e. The second-order valence-electron chi connectivity index (χ2n) is 2.19. The van der Waals surface area contributed by atoms with E-state index in [4.69, 9.17) is 0 Å². The van der Waals surface area contributed by atoms with Crippen molar-refractivity contribution in [2.75, 3.05) is 6.61 Å². The highest BCUT2D eigenvalue weighted by Gasteiger charge is 1.87. The molecule has 0 saturated heterocycles. The molecule has 62 valence electrons. The quantitative estimate of drug-likeness (QED) is 0.351. The first kappa shape index (κ1) is 10.0. The van der Waals surface area contributed by atoms with Crippen LogP contribution in [0.15, 0.2) is 0 Å². The maximum Gasteiger partial charge on any atom is 0.302 e. The van der Waals surface area contributed by atoms with Crippen LogP contribution in [0.4, 0.5) is 0 Å². The Labute approximate surface area is 67.9 Å². The highest BCUT2D eigenvalue weighted by atomic mass is 16.5. The number of carbonyl (C=O) groups is 1. The summed E-state index contributed by atoms with van der Waals surface area (Å²) >= 11 is 0. The van der Waals surface area contributed by atoms with Crippen LogP contribution in [-0.4, -0.2) is 12.6 Å². The minimum atomic E-state index is -0.234. The molecule has 0 atom stereocenters. The molecule has 0 aliphatic carbocycles. The van der Waals surface area contributed by atoms with Crippen molar-refractivity contribution in [3.8, 4) is 11.8 Å². The van der Waals surface area contributed by atoms with Gasteiger partial charge in [-0.25, -0.2) is 0 Å². The molecule has 0 saturated carbocycles. The number of unbranched alkanes of at least 4 members (excludes halogenated alkanes) is 1. The molecule has 0 unspecified atom stereocenters. The van der Waals surface area contributed by atoms with Crippen molar-refractivity contribution in [1.29, 1.82) is 0 Å². The third kappa shape index (κ3) is 9.03. The molecule has 0 rings (SSSR count). The summed E-state index contributed by atoms with van der Waals surface area (Å²) in [4.78, 5) is 10.3. The topological polar surface area (TPSA) is 26.3 Å². The van der Waals surface area contributed by atoms with Gasteiger partial charge < -0.3 is 4.74 Å². The normalized spacial score (nSPS) is 8.18. The van der Waals surface area contributed by atoms with Crippen LogP contribution in [0.2, 0.25) is 0 Å². The van der Waals surface area contributed by atoms with Crippen LogP contribution in [0.25, 0.3) is 0 Å². The molecule has 11 heavy (non-hydrogen) atoms. The lowest BCUT2D eigenvalue weighted by Gasteiger charge is -1.94. The molecular formula is C9H14O2. The van der Waals surface area contributed by atoms with Crippen LogP contribution >= 0.6 is 0 Å². The first-order valence-corrected chi connectivity index (χ1v) is 3.86. The van der Waals surface area contributed by atoms with Crippen LogP contribution in [-0.2, 0) is 9.53 Å². The van der Waals surface area contributed by atoms with Gasteiger partial charge in [-0.2, -0.15) is 0 Å². The fourth-order valence-electron chi connectivity index (χ4n) is 0.548. The van der Waals surface area contributed by atoms with Crippen LogP contribution in [0.5, 0.6) is 0 Å². The van der Waals surface area contributed by atoms with Crippen molar-refractivity contribution in [3.05, 3.63) is 0 Å². The molecule has 0 N–H and O–H groups in total. The standard InChI is InChI=1S/C9H14O2/c1-3-4-5-6-7-8-11-9(2)10/h3-4,7-8H2,1-2H3. The highest BCUT2D eigenvalue weighted by Crippen LogP contribution is 1.84. The number of carbonyl (C=O) groups excluding carboxylic acids is 1. The number of esters is 1. The number of rotatable bonds is 3. The molecule has 0 heterocycles. The van der Waals surface area contributed by atoms with Gasteiger partial charge >= 0.3 is 5.97 Å². The van der Waals surface area contributed by atoms with Gasteiger partial charge in [0.25, 0.3) is 0 Å². The average molecular weight is 154 g/mol. The largest absolute Gasteiger partial charge is 0.465 e. The lowest BCUT2D eigenvalue weighted by Crippen LogP contribution is -1.98. The van der Waals surface area contributed by atoms with Crippen LogP contribution < -0.4 is 0 Å². The van der Waals surface area contributed by atoms with Gasteiger partial charge in [-0.05, 0) is 6.42 Å². The summed E-state index contributed by atoms with van der Waals surface area (Å²) < 4.78 is 4.68. The molecule has 0 aromatic carbocycles. The van der Waals surface area contributed by atoms with E-state index < -0.39 is 0 Å². The Hall–Kier alpha value is -0.970. The zero-order chi connectivity index (χ0) is 8.53. The Morgan fingerprint density at radius 3 is 2.55 bits per heavy atom. The van der Waals surface area contributed by atoms with Gasteiger partial charge in [-0.3, -0.25) is 4.79 Å². The summed E-state index contributed by atoms with van der Waals surface area (Å²) in [5.74, 6) is 5.65. The SMILES string of the molecule is CCCC#CCCOC(C)=O. The van der Waals surface area contributed by atoms with E-state index in [1.54, 1.807) is 0 Å². The van der Waals surface area contributed by atoms with Crippen molar-refractivity contribution < 1.29 is 9.53 Å². The average Bonchev–Trinajstić information content (AvgIpc) is 1.96. The second-order valence-corrected chi connectivity index (χ2v) is 2.19. The maximum absolute atomic E-state index is 10.3. The molecule has 0 bridgehead atoms. The van der Waals surface area contributed by atoms with Crippen molar-refractivity contribution in [1.82, 2.24) is 0 Å². The molecule has 0 aromatic heterocycles. The Morgan fingerprint density at radius 2 is 2.00 bits per heavy atom. The zero-order valence-corrected chi connectivity index (χ0v) is 7.14. The molecule has 0 aromatic rings. The maximum atomic E-state index is 10.3. The fourth-order valence-corrected chi connectivity index (χ4v) is 0.548. The summed E-state index contributed by atoms with van der Waals surface area (Å²) in [7, 11) is 0. The zero-order valence-electron chi connectivity index (χ0n) is 7.14. The summed E-state index contributed by atoms with van der Waals surface area (Å²) in [6.45, 7) is 3.91. The van der Waals surface area contributed by atoms with Gasteiger partial charge in [0.15, 0.2) is 0 Å². The first-order valence-electron chi connectivity index (χ1n) is 3.86. The predicted molar refractivity (Wildman–Crippen MR) is 43.9 cm³/mol. The van der Waals surface area contributed by atoms with Gasteiger partial charge in [0.05, 0.1) is 0 Å². The molecule has 0 spiro atoms. The van der Waals surface area contributed by atoms with Gasteiger partial charge in [-0.1, -0.05) is 12.8 Å². The lowest BCUT2D eigenvalue weighted by molar-refractivity contribution is -0.140. The fraction of sp³-hybridized carbons (Fsp3) is 0.667. The van der Waals surface area contributed by atoms with E-state index in [1.807, 2.05) is 0 Å². The van der Waals surface area contributed by atoms with E-state index >= 15 is 0 Å². The lowest BCUT2D eigenvalue weighted by atomic mass is 10.3. The molecule has 0 aliphatic rings. The number of ether oxygens (including phenoxy) is 1. The molecule has 0 amide bonds. The second kappa shape index (κ2) is 7.14. The third-order valence-electron chi connectivity index (χ3n) is 1.03. The molecule has 0 radical (unpaired) electrons. The summed E-state index contributed by atoms with van der Waals surface area (Å²) in [6.07, 6.45) is 2.67. The van der Waals surface area contributed by atoms with Crippen molar-refractivity contribution in [2.45, 2.75) is 33.1 Å². The minimum Gasteiger partial charge on any atom is -0.465 e. The van der Waals surface area contributed by atoms with Crippen molar-refractivity contribution in [2.24, 2.45) is 0 Å². The van der Waals surface area contributed by atoms with E-state index in [0.29, 0.717) is 13.0 Å². The summed E-state index contributed by atoms with van der Waals surface area (Å²) in [6, 6.07) is 0. The van der Waals surface area contributed by atoms with Gasteiger partial charge in [0.2, 0.25) is 0 Å². The molecular weight excluding hydrogens is 140 g/mol. The van der Waals surface area contributed by atoms with Crippen LogP contribution in [0.1, 0.15) is 33.1 Å². The Balaban J connectivity index is 3.15. The third-order valence-corrected chi connectivity index (χ3v) is 1.03. The van der Waals surface area contributed by atoms with Gasteiger partial charge in [-0.15, -0.1) is 5.92 Å². The number of hydrogen-bond acceptors (Lipinski definition) is 2. The van der Waals surface area contributed by atoms with E-state index in [-0.39, 0.29) is 5.97 Å². The summed E-state index contributed by atoms with van der Waals surface area (Å²) in [5, 5.41) is 0. The molecule has 2 heteroatoms. The predicted octanol–water partition coefficient (Wildman–Crippen LogP) is 1.74. The Bertz CT molecular complexity index is 162. The molecule has 2 nitrogen and oxygen atoms in total. The highest BCUT2D eigenvalue weighted by molar-refractivity contribution is 5.65. The molecule has 0 fully saturated rings. The van der Waals surface area contributed by atoms with E-state index in [0.717, 1.165) is 12.8 Å². The van der Waals surface area contributed by atoms with Crippen LogP contribution in [0.3, 0.4) is 0 Å².